The average molecular weight is 287 g/mol. The van der Waals surface area contributed by atoms with E-state index >= 15 is 0 Å². The Morgan fingerprint density at radius 2 is 1.95 bits per heavy atom. The lowest BCUT2D eigenvalue weighted by Crippen LogP contribution is -2.05. The molecule has 1 aromatic heterocycles. The maximum atomic E-state index is 11.7. The van der Waals surface area contributed by atoms with E-state index in [9.17, 15) is 9.90 Å². The Hall–Kier alpha value is -1.77. The van der Waals surface area contributed by atoms with Crippen LogP contribution >= 0.6 is 0 Å². The summed E-state index contributed by atoms with van der Waals surface area (Å²) in [5, 5.41) is 10.7. The molecule has 3 nitrogen and oxygen atoms in total. The molecule has 2 aromatic rings. The summed E-state index contributed by atoms with van der Waals surface area (Å²) in [6.45, 7) is 11.5. The number of hydrogen-bond donors (Lipinski definition) is 1. The highest BCUT2D eigenvalue weighted by molar-refractivity contribution is 6.04. The van der Waals surface area contributed by atoms with Crippen molar-refractivity contribution in [3.8, 4) is 0 Å². The Balaban J connectivity index is 2.95. The number of aromatic nitrogens is 1. The highest BCUT2D eigenvalue weighted by atomic mass is 16.4. The summed E-state index contributed by atoms with van der Waals surface area (Å²) in [6, 6.07) is 4.01. The van der Waals surface area contributed by atoms with Crippen LogP contribution in [0.15, 0.2) is 12.1 Å². The van der Waals surface area contributed by atoms with Gasteiger partial charge < -0.3 is 9.67 Å². The molecule has 0 fully saturated rings. The fraction of sp³-hybridized carbons (Fsp3) is 0.500. The number of hydrogen-bond acceptors (Lipinski definition) is 1. The number of aryl methyl sites for hydroxylation is 2. The van der Waals surface area contributed by atoms with Crippen molar-refractivity contribution < 1.29 is 9.90 Å². The summed E-state index contributed by atoms with van der Waals surface area (Å²) in [7, 11) is 0. The van der Waals surface area contributed by atoms with Crippen molar-refractivity contribution in [1.29, 1.82) is 0 Å². The van der Waals surface area contributed by atoms with Crippen molar-refractivity contribution in [2.24, 2.45) is 0 Å². The number of fused-ring (bicyclic) bond motifs is 1. The first-order valence-electron chi connectivity index (χ1n) is 7.81. The van der Waals surface area contributed by atoms with Crippen LogP contribution in [0.4, 0.5) is 0 Å². The first-order valence-corrected chi connectivity index (χ1v) is 7.81. The van der Waals surface area contributed by atoms with Crippen LogP contribution in [-0.2, 0) is 13.0 Å². The van der Waals surface area contributed by atoms with Crippen molar-refractivity contribution in [2.75, 3.05) is 0 Å². The predicted octanol–water partition coefficient (Wildman–Crippen LogP) is 4.74. The van der Waals surface area contributed by atoms with Crippen LogP contribution in [0.5, 0.6) is 0 Å². The van der Waals surface area contributed by atoms with E-state index in [0.717, 1.165) is 35.9 Å². The number of benzene rings is 1. The van der Waals surface area contributed by atoms with E-state index in [1.165, 1.54) is 11.3 Å². The number of aromatic carboxylic acids is 1. The molecule has 0 saturated heterocycles. The van der Waals surface area contributed by atoms with Gasteiger partial charge in [0.2, 0.25) is 0 Å². The molecular weight excluding hydrogens is 262 g/mol. The van der Waals surface area contributed by atoms with Gasteiger partial charge in [-0.05, 0) is 48.9 Å². The smallest absolute Gasteiger partial charge is 0.337 e. The zero-order valence-electron chi connectivity index (χ0n) is 13.7. The SMILES string of the molecule is CCCn1c(C)c(C(C)C)c2cc(CC)cc(C(=O)O)c21. The third-order valence-corrected chi connectivity index (χ3v) is 4.19. The third kappa shape index (κ3) is 2.57. The van der Waals surface area contributed by atoms with Gasteiger partial charge in [0.15, 0.2) is 0 Å². The molecule has 0 saturated carbocycles. The number of carboxylic acid groups (broad SMARTS) is 1. The molecule has 1 N–H and O–H groups in total. The molecule has 0 spiro atoms. The molecule has 0 amide bonds. The van der Waals surface area contributed by atoms with Gasteiger partial charge in [0.05, 0.1) is 11.1 Å². The molecule has 0 radical (unpaired) electrons. The third-order valence-electron chi connectivity index (χ3n) is 4.19. The summed E-state index contributed by atoms with van der Waals surface area (Å²) in [4.78, 5) is 11.7. The lowest BCUT2D eigenvalue weighted by molar-refractivity contribution is 0.0698. The van der Waals surface area contributed by atoms with Crippen molar-refractivity contribution in [1.82, 2.24) is 4.57 Å². The van der Waals surface area contributed by atoms with Gasteiger partial charge in [-0.3, -0.25) is 0 Å². The maximum absolute atomic E-state index is 11.7. The molecule has 0 bridgehead atoms. The lowest BCUT2D eigenvalue weighted by Gasteiger charge is -2.09. The van der Waals surface area contributed by atoms with Crippen molar-refractivity contribution in [2.45, 2.75) is 59.9 Å². The van der Waals surface area contributed by atoms with Crippen LogP contribution in [-0.4, -0.2) is 15.6 Å². The van der Waals surface area contributed by atoms with Crippen LogP contribution < -0.4 is 0 Å². The van der Waals surface area contributed by atoms with Crippen molar-refractivity contribution in [3.63, 3.8) is 0 Å². The summed E-state index contributed by atoms with van der Waals surface area (Å²) in [6.07, 6.45) is 1.85. The van der Waals surface area contributed by atoms with E-state index in [1.54, 1.807) is 0 Å². The minimum Gasteiger partial charge on any atom is -0.478 e. The molecule has 114 valence electrons. The summed E-state index contributed by atoms with van der Waals surface area (Å²) < 4.78 is 2.19. The van der Waals surface area contributed by atoms with E-state index in [0.29, 0.717) is 11.5 Å². The van der Waals surface area contributed by atoms with E-state index in [2.05, 4.69) is 45.3 Å². The van der Waals surface area contributed by atoms with Gasteiger partial charge in [0, 0.05) is 17.6 Å². The Bertz CT molecular complexity index is 680. The van der Waals surface area contributed by atoms with Crippen LogP contribution in [0, 0.1) is 6.92 Å². The van der Waals surface area contributed by atoms with Crippen LogP contribution in [0.2, 0.25) is 0 Å². The molecule has 0 atom stereocenters. The number of carboxylic acids is 1. The Labute approximate surface area is 126 Å². The summed E-state index contributed by atoms with van der Waals surface area (Å²) in [5.41, 5.74) is 4.92. The quantitative estimate of drug-likeness (QED) is 0.862. The van der Waals surface area contributed by atoms with E-state index in [4.69, 9.17) is 0 Å². The first kappa shape index (κ1) is 15.6. The Morgan fingerprint density at radius 1 is 1.29 bits per heavy atom. The van der Waals surface area contributed by atoms with Gasteiger partial charge in [0.1, 0.15) is 0 Å². The molecular formula is C18H25NO2. The second kappa shape index (κ2) is 5.92. The number of nitrogens with zero attached hydrogens (tertiary/aromatic N) is 1. The Kier molecular flexibility index (Phi) is 4.40. The topological polar surface area (TPSA) is 42.2 Å². The first-order chi connectivity index (χ1) is 9.92. The minimum absolute atomic E-state index is 0.388. The molecule has 0 aliphatic carbocycles. The monoisotopic (exact) mass is 287 g/mol. The van der Waals surface area contributed by atoms with E-state index in [1.807, 2.05) is 6.07 Å². The highest BCUT2D eigenvalue weighted by Crippen LogP contribution is 2.35. The molecule has 2 rings (SSSR count). The minimum atomic E-state index is -0.833. The van der Waals surface area contributed by atoms with Crippen molar-refractivity contribution in [3.05, 3.63) is 34.5 Å². The highest BCUT2D eigenvalue weighted by Gasteiger charge is 2.21. The predicted molar refractivity (Wildman–Crippen MR) is 87.4 cm³/mol. The summed E-state index contributed by atoms with van der Waals surface area (Å²) >= 11 is 0. The van der Waals surface area contributed by atoms with Gasteiger partial charge in [-0.1, -0.05) is 27.7 Å². The normalized spacial score (nSPS) is 11.5. The molecule has 0 aliphatic heterocycles. The van der Waals surface area contributed by atoms with Crippen LogP contribution in [0.3, 0.4) is 0 Å². The average Bonchev–Trinajstić information content (AvgIpc) is 2.70. The lowest BCUT2D eigenvalue weighted by atomic mass is 9.96. The van der Waals surface area contributed by atoms with Crippen LogP contribution in [0.1, 0.15) is 67.2 Å². The molecule has 1 heterocycles. The molecule has 0 unspecified atom stereocenters. The van der Waals surface area contributed by atoms with Crippen LogP contribution in [0.25, 0.3) is 10.9 Å². The standard InChI is InChI=1S/C18H25NO2/c1-6-8-19-12(5)16(11(3)4)14-9-13(7-2)10-15(17(14)19)18(20)21/h9-11H,6-8H2,1-5H3,(H,20,21). The van der Waals surface area contributed by atoms with Gasteiger partial charge in [-0.2, -0.15) is 0 Å². The molecule has 0 aliphatic rings. The van der Waals surface area contributed by atoms with Crippen molar-refractivity contribution >= 4 is 16.9 Å². The number of rotatable bonds is 5. The van der Waals surface area contributed by atoms with Gasteiger partial charge in [0.25, 0.3) is 0 Å². The fourth-order valence-corrected chi connectivity index (χ4v) is 3.30. The molecule has 21 heavy (non-hydrogen) atoms. The van der Waals surface area contributed by atoms with Gasteiger partial charge in [-0.15, -0.1) is 0 Å². The fourth-order valence-electron chi connectivity index (χ4n) is 3.30. The molecule has 1 aromatic carbocycles. The molecule has 3 heteroatoms. The van der Waals surface area contributed by atoms with Gasteiger partial charge in [-0.25, -0.2) is 4.79 Å². The maximum Gasteiger partial charge on any atom is 0.337 e. The zero-order chi connectivity index (χ0) is 15.7. The largest absolute Gasteiger partial charge is 0.478 e. The Morgan fingerprint density at radius 3 is 2.43 bits per heavy atom. The zero-order valence-corrected chi connectivity index (χ0v) is 13.7. The van der Waals surface area contributed by atoms with E-state index in [-0.39, 0.29) is 0 Å². The van der Waals surface area contributed by atoms with Gasteiger partial charge >= 0.3 is 5.97 Å². The summed E-state index contributed by atoms with van der Waals surface area (Å²) in [5.74, 6) is -0.445. The number of carbonyl (C=O) groups is 1. The second-order valence-corrected chi connectivity index (χ2v) is 6.00. The second-order valence-electron chi connectivity index (χ2n) is 6.00. The van der Waals surface area contributed by atoms with E-state index < -0.39 is 5.97 Å².